The average molecular weight is 283 g/mol. The number of hydrogen-bond donors (Lipinski definition) is 2. The van der Waals surface area contributed by atoms with Gasteiger partial charge in [0.1, 0.15) is 5.78 Å². The van der Waals surface area contributed by atoms with Gasteiger partial charge in [0.15, 0.2) is 0 Å². The number of Topliss-reactive ketones (excluding diaryl/α,β-unsaturated/α-hetero) is 1. The number of rotatable bonds is 6. The van der Waals surface area contributed by atoms with Crippen LogP contribution in [0.5, 0.6) is 0 Å². The molecule has 0 amide bonds. The van der Waals surface area contributed by atoms with Crippen LogP contribution in [0.15, 0.2) is 18.2 Å². The van der Waals surface area contributed by atoms with Crippen molar-refractivity contribution in [3.05, 3.63) is 23.2 Å². The van der Waals surface area contributed by atoms with Crippen LogP contribution in [0, 0.1) is 11.8 Å². The second-order valence-electron chi connectivity index (χ2n) is 5.55. The van der Waals surface area contributed by atoms with Crippen LogP contribution in [-0.4, -0.2) is 11.8 Å². The van der Waals surface area contributed by atoms with Gasteiger partial charge < -0.3 is 11.1 Å². The molecule has 1 aromatic rings. The summed E-state index contributed by atoms with van der Waals surface area (Å²) >= 11 is 5.97. The van der Waals surface area contributed by atoms with Gasteiger partial charge in [-0.05, 0) is 24.1 Å². The molecule has 0 unspecified atom stereocenters. The molecule has 0 saturated heterocycles. The first-order valence-corrected chi connectivity index (χ1v) is 7.03. The maximum Gasteiger partial charge on any atom is 0.137 e. The molecule has 0 heterocycles. The second kappa shape index (κ2) is 6.80. The van der Waals surface area contributed by atoms with Crippen molar-refractivity contribution < 1.29 is 4.79 Å². The number of ketones is 1. The fraction of sp³-hybridized carbons (Fsp3) is 0.533. The highest BCUT2D eigenvalue weighted by Crippen LogP contribution is 2.26. The number of carbonyl (C=O) groups excluding carboxylic acids is 1. The van der Waals surface area contributed by atoms with Gasteiger partial charge in [0.05, 0.1) is 11.4 Å². The van der Waals surface area contributed by atoms with Crippen LogP contribution in [-0.2, 0) is 4.79 Å². The van der Waals surface area contributed by atoms with E-state index in [0.29, 0.717) is 23.0 Å². The van der Waals surface area contributed by atoms with Crippen LogP contribution in [0.2, 0.25) is 5.02 Å². The molecule has 0 aliphatic heterocycles. The predicted octanol–water partition coefficient (Wildman–Crippen LogP) is 3.97. The highest BCUT2D eigenvalue weighted by atomic mass is 35.5. The Kier molecular flexibility index (Phi) is 5.67. The number of nitrogen functional groups attached to an aromatic ring is 1. The molecule has 0 saturated carbocycles. The second-order valence-corrected chi connectivity index (χ2v) is 5.99. The van der Waals surface area contributed by atoms with E-state index >= 15 is 0 Å². The minimum atomic E-state index is 0.0553. The van der Waals surface area contributed by atoms with E-state index in [1.807, 2.05) is 13.8 Å². The summed E-state index contributed by atoms with van der Waals surface area (Å²) in [4.78, 5) is 11.9. The van der Waals surface area contributed by atoms with Crippen LogP contribution < -0.4 is 11.1 Å². The third kappa shape index (κ3) is 4.75. The molecule has 106 valence electrons. The van der Waals surface area contributed by atoms with E-state index in [-0.39, 0.29) is 17.7 Å². The summed E-state index contributed by atoms with van der Waals surface area (Å²) in [7, 11) is 0. The van der Waals surface area contributed by atoms with Gasteiger partial charge in [0, 0.05) is 23.4 Å². The molecule has 0 radical (unpaired) electrons. The minimum Gasteiger partial charge on any atom is -0.397 e. The first kappa shape index (κ1) is 15.8. The summed E-state index contributed by atoms with van der Waals surface area (Å²) in [5.74, 6) is 0.646. The van der Waals surface area contributed by atoms with Gasteiger partial charge in [-0.15, -0.1) is 0 Å². The van der Waals surface area contributed by atoms with Crippen molar-refractivity contribution in [1.82, 2.24) is 0 Å². The Bertz CT molecular complexity index is 444. The molecule has 0 aliphatic rings. The van der Waals surface area contributed by atoms with Gasteiger partial charge >= 0.3 is 0 Å². The maximum atomic E-state index is 11.9. The Balaban J connectivity index is 2.84. The SMILES string of the molecule is CC(C)C(=O)C[C@@H](Nc1cc(Cl)ccc1N)C(C)C. The van der Waals surface area contributed by atoms with E-state index in [0.717, 1.165) is 5.69 Å². The monoisotopic (exact) mass is 282 g/mol. The first-order chi connectivity index (χ1) is 8.81. The number of nitrogens with one attached hydrogen (secondary N) is 1. The number of nitrogens with two attached hydrogens (primary N) is 1. The average Bonchev–Trinajstić information content (AvgIpc) is 2.32. The van der Waals surface area contributed by atoms with Crippen molar-refractivity contribution in [2.45, 2.75) is 40.2 Å². The van der Waals surface area contributed by atoms with Gasteiger partial charge in [-0.3, -0.25) is 4.79 Å². The van der Waals surface area contributed by atoms with Crippen molar-refractivity contribution in [2.24, 2.45) is 11.8 Å². The Labute approximate surface area is 120 Å². The normalized spacial score (nSPS) is 12.8. The number of halogens is 1. The van der Waals surface area contributed by atoms with Crippen LogP contribution in [0.3, 0.4) is 0 Å². The summed E-state index contributed by atoms with van der Waals surface area (Å²) in [5.41, 5.74) is 7.36. The van der Waals surface area contributed by atoms with Gasteiger partial charge in [0.25, 0.3) is 0 Å². The zero-order valence-corrected chi connectivity index (χ0v) is 12.8. The molecular weight excluding hydrogens is 260 g/mol. The zero-order valence-electron chi connectivity index (χ0n) is 12.0. The van der Waals surface area contributed by atoms with E-state index in [2.05, 4.69) is 19.2 Å². The number of anilines is 2. The number of hydrogen-bond acceptors (Lipinski definition) is 3. The van der Waals surface area contributed by atoms with Gasteiger partial charge in [-0.25, -0.2) is 0 Å². The molecule has 19 heavy (non-hydrogen) atoms. The smallest absolute Gasteiger partial charge is 0.137 e. The highest BCUT2D eigenvalue weighted by molar-refractivity contribution is 6.31. The summed E-state index contributed by atoms with van der Waals surface area (Å²) in [6.45, 7) is 8.03. The molecule has 3 nitrogen and oxygen atoms in total. The molecule has 0 aromatic heterocycles. The quantitative estimate of drug-likeness (QED) is 0.776. The summed E-state index contributed by atoms with van der Waals surface area (Å²) in [6, 6.07) is 5.39. The van der Waals surface area contributed by atoms with Gasteiger partial charge in [-0.1, -0.05) is 39.3 Å². The zero-order chi connectivity index (χ0) is 14.6. The lowest BCUT2D eigenvalue weighted by Crippen LogP contribution is -2.30. The summed E-state index contributed by atoms with van der Waals surface area (Å²) in [5, 5.41) is 3.98. The van der Waals surface area contributed by atoms with Crippen LogP contribution in [0.1, 0.15) is 34.1 Å². The van der Waals surface area contributed by atoms with Crippen LogP contribution in [0.4, 0.5) is 11.4 Å². The standard InChI is InChI=1S/C15H23ClN2O/c1-9(2)13(8-15(19)10(3)4)18-14-7-11(16)5-6-12(14)17/h5-7,9-10,13,18H,8,17H2,1-4H3/t13-/m1/s1. The Morgan fingerprint density at radius 3 is 2.47 bits per heavy atom. The first-order valence-electron chi connectivity index (χ1n) is 6.65. The molecule has 0 aliphatic carbocycles. The summed E-state index contributed by atoms with van der Waals surface area (Å²) < 4.78 is 0. The fourth-order valence-corrected chi connectivity index (χ4v) is 1.93. The Morgan fingerprint density at radius 2 is 1.95 bits per heavy atom. The lowest BCUT2D eigenvalue weighted by molar-refractivity contribution is -0.122. The molecule has 3 N–H and O–H groups in total. The van der Waals surface area contributed by atoms with Gasteiger partial charge in [0.2, 0.25) is 0 Å². The Morgan fingerprint density at radius 1 is 1.32 bits per heavy atom. The van der Waals surface area contributed by atoms with Crippen molar-refractivity contribution in [3.63, 3.8) is 0 Å². The molecule has 0 spiro atoms. The van der Waals surface area contributed by atoms with E-state index in [4.69, 9.17) is 17.3 Å². The molecule has 0 fully saturated rings. The third-order valence-corrected chi connectivity index (χ3v) is 3.46. The van der Waals surface area contributed by atoms with Crippen molar-refractivity contribution in [1.29, 1.82) is 0 Å². The van der Waals surface area contributed by atoms with E-state index in [1.54, 1.807) is 18.2 Å². The van der Waals surface area contributed by atoms with Crippen molar-refractivity contribution >= 4 is 28.8 Å². The maximum absolute atomic E-state index is 11.9. The van der Waals surface area contributed by atoms with Crippen LogP contribution in [0.25, 0.3) is 0 Å². The molecule has 1 atom stereocenters. The van der Waals surface area contributed by atoms with Crippen molar-refractivity contribution in [3.8, 4) is 0 Å². The lowest BCUT2D eigenvalue weighted by atomic mass is 9.94. The molecular formula is C15H23ClN2O. The third-order valence-electron chi connectivity index (χ3n) is 3.23. The molecule has 1 rings (SSSR count). The van der Waals surface area contributed by atoms with E-state index < -0.39 is 0 Å². The molecule has 4 heteroatoms. The largest absolute Gasteiger partial charge is 0.397 e. The predicted molar refractivity (Wildman–Crippen MR) is 82.6 cm³/mol. The minimum absolute atomic E-state index is 0.0553. The van der Waals surface area contributed by atoms with E-state index in [1.165, 1.54) is 0 Å². The molecule has 1 aromatic carbocycles. The van der Waals surface area contributed by atoms with Crippen molar-refractivity contribution in [2.75, 3.05) is 11.1 Å². The Hall–Kier alpha value is -1.22. The summed E-state index contributed by atoms with van der Waals surface area (Å²) in [6.07, 6.45) is 0.501. The fourth-order valence-electron chi connectivity index (χ4n) is 1.76. The van der Waals surface area contributed by atoms with Crippen LogP contribution >= 0.6 is 11.6 Å². The lowest BCUT2D eigenvalue weighted by Gasteiger charge is -2.24. The topological polar surface area (TPSA) is 55.1 Å². The number of carbonyl (C=O) groups is 1. The van der Waals surface area contributed by atoms with Gasteiger partial charge in [-0.2, -0.15) is 0 Å². The molecule has 0 bridgehead atoms. The van der Waals surface area contributed by atoms with E-state index in [9.17, 15) is 4.79 Å². The highest BCUT2D eigenvalue weighted by Gasteiger charge is 2.20. The number of benzene rings is 1.